The van der Waals surface area contributed by atoms with Gasteiger partial charge in [0.1, 0.15) is 0 Å². The zero-order chi connectivity index (χ0) is 14.8. The van der Waals surface area contributed by atoms with Gasteiger partial charge in [0, 0.05) is 42.8 Å². The topological polar surface area (TPSA) is 64.2 Å². The van der Waals surface area contributed by atoms with Crippen molar-refractivity contribution >= 4 is 36.4 Å². The van der Waals surface area contributed by atoms with Crippen LogP contribution in [0.4, 0.5) is 5.69 Å². The molecule has 126 valence electrons. The van der Waals surface area contributed by atoms with E-state index in [1.165, 1.54) is 0 Å². The Balaban J connectivity index is 0.00000132. The molecule has 23 heavy (non-hydrogen) atoms. The third-order valence-corrected chi connectivity index (χ3v) is 4.19. The Kier molecular flexibility index (Phi) is 6.91. The molecule has 1 amide bonds. The molecular formula is C16H22Cl2N4O. The molecule has 1 fully saturated rings. The van der Waals surface area contributed by atoms with Gasteiger partial charge in [0.2, 0.25) is 0 Å². The summed E-state index contributed by atoms with van der Waals surface area (Å²) >= 11 is 0. The van der Waals surface area contributed by atoms with Crippen LogP contribution in [0.5, 0.6) is 0 Å². The summed E-state index contributed by atoms with van der Waals surface area (Å²) in [7, 11) is 0. The predicted molar refractivity (Wildman–Crippen MR) is 96.5 cm³/mol. The van der Waals surface area contributed by atoms with Crippen LogP contribution in [0.3, 0.4) is 0 Å². The number of hydrogen-bond acceptors (Lipinski definition) is 3. The second kappa shape index (κ2) is 8.22. The summed E-state index contributed by atoms with van der Waals surface area (Å²) in [4.78, 5) is 18.6. The van der Waals surface area contributed by atoms with Crippen LogP contribution in [-0.4, -0.2) is 33.4 Å². The van der Waals surface area contributed by atoms with E-state index < -0.39 is 0 Å². The summed E-state index contributed by atoms with van der Waals surface area (Å²) in [5.41, 5.74) is 8.13. The second-order valence-electron chi connectivity index (χ2n) is 5.61. The molecule has 7 heteroatoms. The summed E-state index contributed by atoms with van der Waals surface area (Å²) in [5, 5.41) is 0. The van der Waals surface area contributed by atoms with Crippen LogP contribution in [0.15, 0.2) is 36.9 Å². The zero-order valence-corrected chi connectivity index (χ0v) is 14.6. The van der Waals surface area contributed by atoms with Crippen molar-refractivity contribution in [3.8, 4) is 0 Å². The van der Waals surface area contributed by atoms with E-state index in [1.807, 2.05) is 36.5 Å². The lowest BCUT2D eigenvalue weighted by molar-refractivity contribution is 0.0694. The summed E-state index contributed by atoms with van der Waals surface area (Å²) < 4.78 is 2.13. The van der Waals surface area contributed by atoms with Crippen molar-refractivity contribution in [1.29, 1.82) is 0 Å². The lowest BCUT2D eigenvalue weighted by Crippen LogP contribution is -2.39. The number of hydrogen-bond donors (Lipinski definition) is 1. The Morgan fingerprint density at radius 2 is 1.96 bits per heavy atom. The van der Waals surface area contributed by atoms with Crippen molar-refractivity contribution in [3.05, 3.63) is 48.0 Å². The average molecular weight is 357 g/mol. The number of amides is 1. The summed E-state index contributed by atoms with van der Waals surface area (Å²) in [5.74, 6) is 0.0869. The summed E-state index contributed by atoms with van der Waals surface area (Å²) in [6.45, 7) is 3.50. The van der Waals surface area contributed by atoms with Crippen molar-refractivity contribution in [3.63, 3.8) is 0 Å². The molecular weight excluding hydrogens is 335 g/mol. The number of piperidine rings is 1. The molecule has 1 aliphatic rings. The Morgan fingerprint density at radius 3 is 2.57 bits per heavy atom. The Labute approximate surface area is 148 Å². The highest BCUT2D eigenvalue weighted by molar-refractivity contribution is 5.96. The van der Waals surface area contributed by atoms with E-state index in [0.29, 0.717) is 11.7 Å². The molecule has 3 rings (SSSR count). The number of carbonyl (C=O) groups excluding carboxylic acids is 1. The first kappa shape index (κ1) is 19.3. The molecule has 1 aliphatic heterocycles. The molecule has 2 heterocycles. The number of carbonyl (C=O) groups is 1. The fraction of sp³-hybridized carbons (Fsp3) is 0.375. The number of nitrogen functional groups attached to an aromatic ring is 1. The van der Waals surface area contributed by atoms with Crippen molar-refractivity contribution in [2.24, 2.45) is 0 Å². The monoisotopic (exact) mass is 356 g/mol. The maximum absolute atomic E-state index is 12.6. The lowest BCUT2D eigenvalue weighted by atomic mass is 10.0. The molecule has 2 N–H and O–H groups in total. The number of nitrogens with two attached hydrogens (primary N) is 1. The average Bonchev–Trinajstić information content (AvgIpc) is 3.03. The number of nitrogens with zero attached hydrogens (tertiary/aromatic N) is 3. The maximum atomic E-state index is 12.6. The number of rotatable bonds is 2. The van der Waals surface area contributed by atoms with Crippen LogP contribution in [0, 0.1) is 6.92 Å². The third-order valence-electron chi connectivity index (χ3n) is 4.19. The molecule has 0 saturated carbocycles. The molecule has 0 spiro atoms. The van der Waals surface area contributed by atoms with Crippen molar-refractivity contribution in [2.75, 3.05) is 18.8 Å². The van der Waals surface area contributed by atoms with Gasteiger partial charge >= 0.3 is 0 Å². The van der Waals surface area contributed by atoms with Gasteiger partial charge < -0.3 is 15.2 Å². The highest BCUT2D eigenvalue weighted by atomic mass is 35.5. The SMILES string of the molecule is Cc1ccc(N)cc1C(=O)N1CCC(n2ccnc2)CC1.Cl.Cl. The predicted octanol–water partition coefficient (Wildman–Crippen LogP) is 3.09. The third kappa shape index (κ3) is 4.18. The summed E-state index contributed by atoms with van der Waals surface area (Å²) in [6.07, 6.45) is 7.56. The Bertz CT molecular complexity index is 638. The van der Waals surface area contributed by atoms with Crippen molar-refractivity contribution in [2.45, 2.75) is 25.8 Å². The van der Waals surface area contributed by atoms with E-state index in [1.54, 1.807) is 12.3 Å². The minimum atomic E-state index is 0. The number of benzene rings is 1. The Morgan fingerprint density at radius 1 is 1.26 bits per heavy atom. The van der Waals surface area contributed by atoms with Crippen molar-refractivity contribution < 1.29 is 4.79 Å². The largest absolute Gasteiger partial charge is 0.399 e. The van der Waals surface area contributed by atoms with Gasteiger partial charge in [0.05, 0.1) is 6.33 Å². The molecule has 1 aromatic carbocycles. The van der Waals surface area contributed by atoms with Gasteiger partial charge in [-0.25, -0.2) is 4.98 Å². The highest BCUT2D eigenvalue weighted by Gasteiger charge is 2.25. The number of aryl methyl sites for hydroxylation is 1. The van der Waals surface area contributed by atoms with Crippen LogP contribution < -0.4 is 5.73 Å². The first-order chi connectivity index (χ1) is 10.1. The molecule has 5 nitrogen and oxygen atoms in total. The number of likely N-dealkylation sites (tertiary alicyclic amines) is 1. The number of halogens is 2. The van der Waals surface area contributed by atoms with E-state index in [9.17, 15) is 4.79 Å². The first-order valence-electron chi connectivity index (χ1n) is 7.28. The quantitative estimate of drug-likeness (QED) is 0.840. The van der Waals surface area contributed by atoms with Gasteiger partial charge in [0.25, 0.3) is 5.91 Å². The van der Waals surface area contributed by atoms with Gasteiger partial charge in [-0.1, -0.05) is 6.07 Å². The first-order valence-corrected chi connectivity index (χ1v) is 7.28. The molecule has 0 radical (unpaired) electrons. The number of anilines is 1. The van der Waals surface area contributed by atoms with Gasteiger partial charge in [-0.3, -0.25) is 4.79 Å². The van der Waals surface area contributed by atoms with Crippen LogP contribution in [-0.2, 0) is 0 Å². The van der Waals surface area contributed by atoms with Crippen LogP contribution in [0.1, 0.15) is 34.8 Å². The lowest BCUT2D eigenvalue weighted by Gasteiger charge is -2.33. The van der Waals surface area contributed by atoms with Crippen LogP contribution in [0.25, 0.3) is 0 Å². The molecule has 0 unspecified atom stereocenters. The van der Waals surface area contributed by atoms with E-state index in [0.717, 1.165) is 37.1 Å². The van der Waals surface area contributed by atoms with Gasteiger partial charge in [-0.15, -0.1) is 24.8 Å². The fourth-order valence-corrected chi connectivity index (χ4v) is 2.89. The fourth-order valence-electron chi connectivity index (χ4n) is 2.89. The van der Waals surface area contributed by atoms with Crippen LogP contribution in [0.2, 0.25) is 0 Å². The van der Waals surface area contributed by atoms with Gasteiger partial charge in [-0.05, 0) is 37.5 Å². The molecule has 0 atom stereocenters. The Hall–Kier alpha value is -1.72. The molecule has 1 saturated heterocycles. The summed E-state index contributed by atoms with van der Waals surface area (Å²) in [6, 6.07) is 5.95. The molecule has 2 aromatic rings. The number of aromatic nitrogens is 2. The van der Waals surface area contributed by atoms with Crippen LogP contribution >= 0.6 is 24.8 Å². The van der Waals surface area contributed by atoms with E-state index in [-0.39, 0.29) is 30.7 Å². The second-order valence-corrected chi connectivity index (χ2v) is 5.61. The zero-order valence-electron chi connectivity index (χ0n) is 13.0. The van der Waals surface area contributed by atoms with Gasteiger partial charge in [-0.2, -0.15) is 0 Å². The standard InChI is InChI=1S/C16H20N4O.2ClH/c1-12-2-3-13(17)10-15(12)16(21)19-7-4-14(5-8-19)20-9-6-18-11-20;;/h2-3,6,9-11,14H,4-5,7-8,17H2,1H3;2*1H. The van der Waals surface area contributed by atoms with E-state index in [4.69, 9.17) is 5.73 Å². The smallest absolute Gasteiger partial charge is 0.254 e. The van der Waals surface area contributed by atoms with Gasteiger partial charge in [0.15, 0.2) is 0 Å². The normalized spacial score (nSPS) is 14.7. The number of imidazole rings is 1. The molecule has 0 bridgehead atoms. The molecule has 1 aromatic heterocycles. The molecule has 0 aliphatic carbocycles. The maximum Gasteiger partial charge on any atom is 0.254 e. The van der Waals surface area contributed by atoms with E-state index >= 15 is 0 Å². The highest BCUT2D eigenvalue weighted by Crippen LogP contribution is 2.24. The minimum absolute atomic E-state index is 0. The van der Waals surface area contributed by atoms with E-state index in [2.05, 4.69) is 9.55 Å². The minimum Gasteiger partial charge on any atom is -0.399 e. The van der Waals surface area contributed by atoms with Crippen molar-refractivity contribution in [1.82, 2.24) is 14.5 Å².